The molecule has 0 saturated heterocycles. The number of benzene rings is 2. The second-order valence-electron chi connectivity index (χ2n) is 5.40. The standard InChI is InChI=1S/C18H17F3N2O2/c19-18(20,21)12-22-16(24)11-15(13-7-3-1-4-8-13)23-17(25)14-9-5-2-6-10-14/h1-10,15H,11-12H2,(H,22,24)(H,23,25)/t15-/m1/s1. The van der Waals surface area contributed by atoms with Crippen molar-refractivity contribution in [3.05, 3.63) is 71.8 Å². The van der Waals surface area contributed by atoms with Crippen LogP contribution in [0, 0.1) is 0 Å². The third kappa shape index (κ3) is 6.29. The van der Waals surface area contributed by atoms with Crippen LogP contribution in [0.15, 0.2) is 60.7 Å². The Morgan fingerprint density at radius 1 is 0.920 bits per heavy atom. The van der Waals surface area contributed by atoms with Gasteiger partial charge in [0.15, 0.2) is 0 Å². The minimum atomic E-state index is -4.48. The fraction of sp³-hybridized carbons (Fsp3) is 0.222. The van der Waals surface area contributed by atoms with Gasteiger partial charge in [-0.3, -0.25) is 9.59 Å². The zero-order valence-electron chi connectivity index (χ0n) is 13.2. The summed E-state index contributed by atoms with van der Waals surface area (Å²) in [6, 6.07) is 16.3. The molecule has 0 aliphatic carbocycles. The highest BCUT2D eigenvalue weighted by Gasteiger charge is 2.28. The molecule has 2 aromatic rings. The van der Waals surface area contributed by atoms with Crippen molar-refractivity contribution in [2.75, 3.05) is 6.54 Å². The summed E-state index contributed by atoms with van der Waals surface area (Å²) in [6.07, 6.45) is -4.77. The Balaban J connectivity index is 2.09. The largest absolute Gasteiger partial charge is 0.405 e. The first-order valence-electron chi connectivity index (χ1n) is 7.59. The third-order valence-corrected chi connectivity index (χ3v) is 3.42. The summed E-state index contributed by atoms with van der Waals surface area (Å²) >= 11 is 0. The van der Waals surface area contributed by atoms with Crippen LogP contribution in [0.3, 0.4) is 0 Å². The van der Waals surface area contributed by atoms with Crippen LogP contribution in [0.25, 0.3) is 0 Å². The molecule has 2 aromatic carbocycles. The van der Waals surface area contributed by atoms with Crippen LogP contribution in [-0.2, 0) is 4.79 Å². The van der Waals surface area contributed by atoms with Gasteiger partial charge in [0.05, 0.1) is 12.5 Å². The van der Waals surface area contributed by atoms with Crippen LogP contribution in [0.2, 0.25) is 0 Å². The number of alkyl halides is 3. The van der Waals surface area contributed by atoms with Gasteiger partial charge in [0, 0.05) is 5.56 Å². The van der Waals surface area contributed by atoms with Crippen molar-refractivity contribution in [1.82, 2.24) is 10.6 Å². The van der Waals surface area contributed by atoms with Crippen molar-refractivity contribution in [3.63, 3.8) is 0 Å². The van der Waals surface area contributed by atoms with Crippen molar-refractivity contribution in [2.24, 2.45) is 0 Å². The molecule has 0 radical (unpaired) electrons. The Bertz CT molecular complexity index is 703. The lowest BCUT2D eigenvalue weighted by molar-refractivity contribution is -0.138. The van der Waals surface area contributed by atoms with Crippen LogP contribution >= 0.6 is 0 Å². The van der Waals surface area contributed by atoms with Gasteiger partial charge in [-0.15, -0.1) is 0 Å². The molecular formula is C18H17F3N2O2. The molecule has 132 valence electrons. The van der Waals surface area contributed by atoms with Crippen LogP contribution in [0.5, 0.6) is 0 Å². The maximum Gasteiger partial charge on any atom is 0.405 e. The molecule has 4 nitrogen and oxygen atoms in total. The summed E-state index contributed by atoms with van der Waals surface area (Å²) in [6.45, 7) is -1.40. The number of halogens is 3. The molecule has 0 aromatic heterocycles. The molecule has 0 spiro atoms. The monoisotopic (exact) mass is 350 g/mol. The summed E-state index contributed by atoms with van der Waals surface area (Å²) in [4.78, 5) is 24.1. The van der Waals surface area contributed by atoms with Gasteiger partial charge < -0.3 is 10.6 Å². The van der Waals surface area contributed by atoms with Gasteiger partial charge in [0.1, 0.15) is 6.54 Å². The molecule has 2 rings (SSSR count). The number of carbonyl (C=O) groups excluding carboxylic acids is 2. The van der Waals surface area contributed by atoms with Gasteiger partial charge in [-0.25, -0.2) is 0 Å². The van der Waals surface area contributed by atoms with Gasteiger partial charge in [0.25, 0.3) is 5.91 Å². The first kappa shape index (κ1) is 18.5. The average Bonchev–Trinajstić information content (AvgIpc) is 2.60. The van der Waals surface area contributed by atoms with Gasteiger partial charge in [0.2, 0.25) is 5.91 Å². The maximum absolute atomic E-state index is 12.3. The minimum absolute atomic E-state index is 0.293. The summed E-state index contributed by atoms with van der Waals surface area (Å²) in [5, 5.41) is 4.52. The van der Waals surface area contributed by atoms with Crippen LogP contribution in [0.1, 0.15) is 28.4 Å². The van der Waals surface area contributed by atoms with Gasteiger partial charge in [-0.2, -0.15) is 13.2 Å². The Morgan fingerprint density at radius 3 is 2.04 bits per heavy atom. The first-order valence-corrected chi connectivity index (χ1v) is 7.59. The van der Waals surface area contributed by atoms with Gasteiger partial charge in [-0.1, -0.05) is 48.5 Å². The zero-order chi connectivity index (χ0) is 18.3. The number of carbonyl (C=O) groups is 2. The fourth-order valence-corrected chi connectivity index (χ4v) is 2.23. The molecule has 0 aliphatic rings. The molecule has 0 saturated carbocycles. The highest BCUT2D eigenvalue weighted by molar-refractivity contribution is 5.94. The molecular weight excluding hydrogens is 333 g/mol. The third-order valence-electron chi connectivity index (χ3n) is 3.42. The van der Waals surface area contributed by atoms with Crippen molar-refractivity contribution in [3.8, 4) is 0 Å². The van der Waals surface area contributed by atoms with E-state index in [1.54, 1.807) is 60.7 Å². The van der Waals surface area contributed by atoms with E-state index in [4.69, 9.17) is 0 Å². The van der Waals surface area contributed by atoms with Crippen LogP contribution < -0.4 is 10.6 Å². The normalized spacial score (nSPS) is 12.3. The Hall–Kier alpha value is -2.83. The van der Waals surface area contributed by atoms with Crippen LogP contribution in [0.4, 0.5) is 13.2 Å². The van der Waals surface area contributed by atoms with Gasteiger partial charge in [-0.05, 0) is 17.7 Å². The molecule has 0 fully saturated rings. The molecule has 7 heteroatoms. The lowest BCUT2D eigenvalue weighted by Gasteiger charge is -2.19. The van der Waals surface area contributed by atoms with E-state index < -0.39 is 30.6 Å². The predicted octanol–water partition coefficient (Wildman–Crippen LogP) is 3.23. The summed E-state index contributed by atoms with van der Waals surface area (Å²) in [5.74, 6) is -1.20. The maximum atomic E-state index is 12.3. The lowest BCUT2D eigenvalue weighted by Crippen LogP contribution is -2.37. The van der Waals surface area contributed by atoms with E-state index in [0.717, 1.165) is 0 Å². The van der Waals surface area contributed by atoms with Crippen molar-refractivity contribution >= 4 is 11.8 Å². The van der Waals surface area contributed by atoms with Crippen LogP contribution in [-0.4, -0.2) is 24.5 Å². The smallest absolute Gasteiger partial charge is 0.347 e. The Kier molecular flexibility index (Phi) is 6.16. The Morgan fingerprint density at radius 2 is 1.48 bits per heavy atom. The minimum Gasteiger partial charge on any atom is -0.347 e. The molecule has 0 heterocycles. The van der Waals surface area contributed by atoms with E-state index in [1.165, 1.54) is 0 Å². The number of hydrogen-bond acceptors (Lipinski definition) is 2. The van der Waals surface area contributed by atoms with Crippen molar-refractivity contribution in [2.45, 2.75) is 18.6 Å². The quantitative estimate of drug-likeness (QED) is 0.840. The summed E-state index contributed by atoms with van der Waals surface area (Å²) in [7, 11) is 0. The molecule has 1 atom stereocenters. The van der Waals surface area contributed by atoms with E-state index >= 15 is 0 Å². The second-order valence-corrected chi connectivity index (χ2v) is 5.40. The summed E-state index contributed by atoms with van der Waals surface area (Å²) in [5.41, 5.74) is 1.04. The SMILES string of the molecule is O=C(C[C@@H](NC(=O)c1ccccc1)c1ccccc1)NCC(F)(F)F. The number of rotatable bonds is 6. The molecule has 2 N–H and O–H groups in total. The highest BCUT2D eigenvalue weighted by atomic mass is 19.4. The first-order chi connectivity index (χ1) is 11.8. The molecule has 2 amide bonds. The number of hydrogen-bond donors (Lipinski definition) is 2. The van der Waals surface area contributed by atoms with Gasteiger partial charge >= 0.3 is 6.18 Å². The lowest BCUT2D eigenvalue weighted by atomic mass is 10.0. The van der Waals surface area contributed by atoms with E-state index in [-0.39, 0.29) is 6.42 Å². The summed E-state index contributed by atoms with van der Waals surface area (Å²) < 4.78 is 36.7. The molecule has 0 aliphatic heterocycles. The predicted molar refractivity (Wildman–Crippen MR) is 86.8 cm³/mol. The highest BCUT2D eigenvalue weighted by Crippen LogP contribution is 2.18. The number of nitrogens with one attached hydrogen (secondary N) is 2. The average molecular weight is 350 g/mol. The number of amides is 2. The topological polar surface area (TPSA) is 58.2 Å². The van der Waals surface area contributed by atoms with E-state index in [0.29, 0.717) is 11.1 Å². The van der Waals surface area contributed by atoms with Crippen molar-refractivity contribution < 1.29 is 22.8 Å². The van der Waals surface area contributed by atoms with E-state index in [9.17, 15) is 22.8 Å². The van der Waals surface area contributed by atoms with Crippen molar-refractivity contribution in [1.29, 1.82) is 0 Å². The molecule has 0 unspecified atom stereocenters. The molecule has 0 bridgehead atoms. The van der Waals surface area contributed by atoms with E-state index in [1.807, 2.05) is 5.32 Å². The second kappa shape index (κ2) is 8.32. The zero-order valence-corrected chi connectivity index (χ0v) is 13.2. The Labute approximate surface area is 143 Å². The molecule has 25 heavy (non-hydrogen) atoms. The fourth-order valence-electron chi connectivity index (χ4n) is 2.23. The van der Waals surface area contributed by atoms with E-state index in [2.05, 4.69) is 5.32 Å².